The van der Waals surface area contributed by atoms with Gasteiger partial charge in [0.05, 0.1) is 6.42 Å². The van der Waals surface area contributed by atoms with Crippen LogP contribution in [0.1, 0.15) is 77.6 Å². The first-order chi connectivity index (χ1) is 14.5. The van der Waals surface area contributed by atoms with E-state index in [4.69, 9.17) is 10.2 Å². The number of carbonyl (C=O) groups is 3. The Morgan fingerprint density at radius 2 is 1.27 bits per heavy atom. The Labute approximate surface area is 180 Å². The van der Waals surface area contributed by atoms with Gasteiger partial charge in [-0.25, -0.2) is 4.79 Å². The summed E-state index contributed by atoms with van der Waals surface area (Å²) in [5.74, 6) is -3.05. The van der Waals surface area contributed by atoms with Gasteiger partial charge >= 0.3 is 11.9 Å². The molecule has 0 aromatic heterocycles. The summed E-state index contributed by atoms with van der Waals surface area (Å²) < 4.78 is 0. The van der Waals surface area contributed by atoms with Crippen molar-refractivity contribution in [3.63, 3.8) is 0 Å². The van der Waals surface area contributed by atoms with E-state index in [1.807, 2.05) is 12.2 Å². The third-order valence-corrected chi connectivity index (χ3v) is 4.24. The van der Waals surface area contributed by atoms with E-state index < -0.39 is 30.3 Å². The van der Waals surface area contributed by atoms with Crippen molar-refractivity contribution >= 4 is 17.8 Å². The highest BCUT2D eigenvalue weighted by molar-refractivity contribution is 5.86. The Morgan fingerprint density at radius 3 is 1.73 bits per heavy atom. The van der Waals surface area contributed by atoms with Crippen LogP contribution >= 0.6 is 0 Å². The van der Waals surface area contributed by atoms with Crippen molar-refractivity contribution in [2.24, 2.45) is 0 Å². The minimum atomic E-state index is -1.38. The van der Waals surface area contributed by atoms with Gasteiger partial charge < -0.3 is 15.5 Å². The summed E-state index contributed by atoms with van der Waals surface area (Å²) >= 11 is 0. The molecule has 1 amide bonds. The monoisotopic (exact) mass is 419 g/mol. The van der Waals surface area contributed by atoms with E-state index in [0.717, 1.165) is 19.3 Å². The van der Waals surface area contributed by atoms with Crippen LogP contribution in [0.3, 0.4) is 0 Å². The fourth-order valence-corrected chi connectivity index (χ4v) is 2.58. The average molecular weight is 420 g/mol. The highest BCUT2D eigenvalue weighted by Gasteiger charge is 2.22. The summed E-state index contributed by atoms with van der Waals surface area (Å²) in [7, 11) is 0. The van der Waals surface area contributed by atoms with E-state index in [9.17, 15) is 14.4 Å². The summed E-state index contributed by atoms with van der Waals surface area (Å²) in [5, 5.41) is 19.8. The predicted octanol–water partition coefficient (Wildman–Crippen LogP) is 5.18. The number of amides is 1. The normalized spacial score (nSPS) is 13.0. The molecule has 0 saturated carbocycles. The molecule has 6 heteroatoms. The van der Waals surface area contributed by atoms with Crippen LogP contribution in [0.5, 0.6) is 0 Å². The fraction of sp³-hybridized carbons (Fsp3) is 0.542. The van der Waals surface area contributed by atoms with Crippen molar-refractivity contribution in [3.05, 3.63) is 48.6 Å². The molecule has 0 rings (SSSR count). The number of carbonyl (C=O) groups excluding carboxylic acids is 1. The zero-order chi connectivity index (χ0) is 22.5. The maximum atomic E-state index is 11.7. The second-order valence-corrected chi connectivity index (χ2v) is 7.04. The van der Waals surface area contributed by atoms with Gasteiger partial charge in [0.1, 0.15) is 6.04 Å². The molecular formula is C24H37NO5. The van der Waals surface area contributed by atoms with Crippen LogP contribution in [0.4, 0.5) is 0 Å². The fourth-order valence-electron chi connectivity index (χ4n) is 2.58. The van der Waals surface area contributed by atoms with Gasteiger partial charge in [0.2, 0.25) is 5.91 Å². The van der Waals surface area contributed by atoms with Gasteiger partial charge in [-0.3, -0.25) is 9.59 Å². The van der Waals surface area contributed by atoms with Crippen LogP contribution in [0.2, 0.25) is 0 Å². The van der Waals surface area contributed by atoms with Crippen LogP contribution in [0.25, 0.3) is 0 Å². The molecule has 0 spiro atoms. The number of allylic oxidation sites excluding steroid dienone is 8. The smallest absolute Gasteiger partial charge is 0.326 e. The standard InChI is InChI=1S/C24H37NO5/c1-2-3-4-5-6-7-8-9-10-11-12-13-14-15-16-17-18-19-22(26)25-21(24(29)30)20-23(27)28/h6-7,9-10,12-13,15-16,21H,2-5,8,11,14,17-20H2,1H3,(H,25,26)(H,27,28)(H,29,30)/b7-6+,10-9+,13-12+,16-15+. The van der Waals surface area contributed by atoms with Crippen LogP contribution in [-0.4, -0.2) is 34.1 Å². The quantitative estimate of drug-likeness (QED) is 0.210. The first kappa shape index (κ1) is 27.4. The van der Waals surface area contributed by atoms with Crippen LogP contribution < -0.4 is 5.32 Å². The highest BCUT2D eigenvalue weighted by Crippen LogP contribution is 2.02. The molecule has 0 aliphatic rings. The molecule has 0 radical (unpaired) electrons. The first-order valence-electron chi connectivity index (χ1n) is 10.8. The third-order valence-electron chi connectivity index (χ3n) is 4.24. The molecule has 0 heterocycles. The lowest BCUT2D eigenvalue weighted by Crippen LogP contribution is -2.42. The van der Waals surface area contributed by atoms with E-state index in [1.54, 1.807) is 0 Å². The Kier molecular flexibility index (Phi) is 18.0. The number of nitrogens with one attached hydrogen (secondary N) is 1. The van der Waals surface area contributed by atoms with Crippen molar-refractivity contribution < 1.29 is 24.6 Å². The maximum absolute atomic E-state index is 11.7. The van der Waals surface area contributed by atoms with Gasteiger partial charge in [-0.15, -0.1) is 0 Å². The lowest BCUT2D eigenvalue weighted by atomic mass is 10.1. The lowest BCUT2D eigenvalue weighted by molar-refractivity contribution is -0.147. The van der Waals surface area contributed by atoms with Crippen molar-refractivity contribution in [2.45, 2.75) is 83.6 Å². The summed E-state index contributed by atoms with van der Waals surface area (Å²) in [6.07, 6.45) is 25.6. The number of unbranched alkanes of at least 4 members (excludes halogenated alkanes) is 4. The molecular weight excluding hydrogens is 382 g/mol. The maximum Gasteiger partial charge on any atom is 0.326 e. The minimum absolute atomic E-state index is 0.168. The average Bonchev–Trinajstić information content (AvgIpc) is 2.69. The summed E-state index contributed by atoms with van der Waals surface area (Å²) in [6.45, 7) is 2.21. The Balaban J connectivity index is 3.74. The van der Waals surface area contributed by atoms with Gasteiger partial charge in [0, 0.05) is 6.42 Å². The molecule has 1 atom stereocenters. The molecule has 30 heavy (non-hydrogen) atoms. The van der Waals surface area contributed by atoms with Gasteiger partial charge in [-0.05, 0) is 44.9 Å². The summed E-state index contributed by atoms with van der Waals surface area (Å²) in [5.41, 5.74) is 0. The molecule has 0 aromatic rings. The zero-order valence-electron chi connectivity index (χ0n) is 18.1. The van der Waals surface area contributed by atoms with Crippen molar-refractivity contribution in [3.8, 4) is 0 Å². The number of hydrogen-bond donors (Lipinski definition) is 3. The highest BCUT2D eigenvalue weighted by atomic mass is 16.4. The Bertz CT molecular complexity index is 605. The SMILES string of the molecule is CCCCC/C=C/C/C=C/C/C=C/C/C=C/CCCC(=O)NC(CC(=O)O)C(=O)O. The largest absolute Gasteiger partial charge is 0.481 e. The Morgan fingerprint density at radius 1 is 0.767 bits per heavy atom. The van der Waals surface area contributed by atoms with Gasteiger partial charge in [0.15, 0.2) is 0 Å². The number of carboxylic acid groups (broad SMARTS) is 2. The molecule has 168 valence electrons. The molecule has 0 aliphatic carbocycles. The van der Waals surface area contributed by atoms with E-state index in [2.05, 4.69) is 48.7 Å². The molecule has 6 nitrogen and oxygen atoms in total. The van der Waals surface area contributed by atoms with Gasteiger partial charge in [0.25, 0.3) is 0 Å². The second kappa shape index (κ2) is 19.7. The molecule has 0 bridgehead atoms. The van der Waals surface area contributed by atoms with E-state index in [0.29, 0.717) is 12.8 Å². The van der Waals surface area contributed by atoms with E-state index in [1.165, 1.54) is 25.7 Å². The van der Waals surface area contributed by atoms with E-state index in [-0.39, 0.29) is 6.42 Å². The third kappa shape index (κ3) is 18.7. The van der Waals surface area contributed by atoms with Crippen LogP contribution in [-0.2, 0) is 14.4 Å². The molecule has 0 aliphatic heterocycles. The number of aliphatic carboxylic acids is 2. The van der Waals surface area contributed by atoms with E-state index >= 15 is 0 Å². The van der Waals surface area contributed by atoms with Crippen molar-refractivity contribution in [1.82, 2.24) is 5.32 Å². The van der Waals surface area contributed by atoms with Gasteiger partial charge in [-0.1, -0.05) is 68.4 Å². The summed E-state index contributed by atoms with van der Waals surface area (Å²) in [4.78, 5) is 33.2. The minimum Gasteiger partial charge on any atom is -0.481 e. The second-order valence-electron chi connectivity index (χ2n) is 7.04. The zero-order valence-corrected chi connectivity index (χ0v) is 18.1. The van der Waals surface area contributed by atoms with Crippen LogP contribution in [0, 0.1) is 0 Å². The van der Waals surface area contributed by atoms with Gasteiger partial charge in [-0.2, -0.15) is 0 Å². The van der Waals surface area contributed by atoms with Crippen molar-refractivity contribution in [1.29, 1.82) is 0 Å². The predicted molar refractivity (Wildman–Crippen MR) is 120 cm³/mol. The molecule has 0 fully saturated rings. The number of hydrogen-bond acceptors (Lipinski definition) is 3. The molecule has 3 N–H and O–H groups in total. The molecule has 0 aromatic carbocycles. The topological polar surface area (TPSA) is 104 Å². The number of rotatable bonds is 18. The molecule has 0 saturated heterocycles. The van der Waals surface area contributed by atoms with Crippen molar-refractivity contribution in [2.75, 3.05) is 0 Å². The number of carboxylic acids is 2. The summed E-state index contributed by atoms with van der Waals surface area (Å²) in [6, 6.07) is -1.38. The van der Waals surface area contributed by atoms with Crippen LogP contribution in [0.15, 0.2) is 48.6 Å². The lowest BCUT2D eigenvalue weighted by Gasteiger charge is -2.11. The Hall–Kier alpha value is -2.63. The first-order valence-corrected chi connectivity index (χ1v) is 10.8. The molecule has 1 unspecified atom stereocenters.